The minimum absolute atomic E-state index is 0.236. The van der Waals surface area contributed by atoms with E-state index < -0.39 is 23.2 Å². The number of hydrogen-bond acceptors (Lipinski definition) is 5. The Bertz CT molecular complexity index is 561. The van der Waals surface area contributed by atoms with Gasteiger partial charge in [0.05, 0.1) is 12.6 Å². The van der Waals surface area contributed by atoms with E-state index in [4.69, 9.17) is 9.47 Å². The van der Waals surface area contributed by atoms with Crippen LogP contribution in [0.3, 0.4) is 0 Å². The molecule has 1 aromatic heterocycles. The van der Waals surface area contributed by atoms with E-state index >= 15 is 0 Å². The summed E-state index contributed by atoms with van der Waals surface area (Å²) in [5, 5.41) is 6.93. The molecule has 0 unspecified atom stereocenters. The van der Waals surface area contributed by atoms with E-state index in [1.807, 2.05) is 13.8 Å². The van der Waals surface area contributed by atoms with Crippen molar-refractivity contribution in [1.82, 2.24) is 15.1 Å². The van der Waals surface area contributed by atoms with Gasteiger partial charge in [0, 0.05) is 12.6 Å². The van der Waals surface area contributed by atoms with Gasteiger partial charge in [-0.1, -0.05) is 0 Å². The first-order valence-corrected chi connectivity index (χ1v) is 7.57. The predicted octanol–water partition coefficient (Wildman–Crippen LogP) is 2.69. The normalized spacial score (nSPS) is 12.0. The lowest BCUT2D eigenvalue weighted by Crippen LogP contribution is -2.44. The van der Waals surface area contributed by atoms with Gasteiger partial charge in [0.1, 0.15) is 15.9 Å². The molecular formula is C14H22BrN3O4. The largest absolute Gasteiger partial charge is 0.464 e. The van der Waals surface area contributed by atoms with E-state index in [0.717, 1.165) is 0 Å². The molecule has 1 heterocycles. The Morgan fingerprint density at radius 3 is 2.41 bits per heavy atom. The van der Waals surface area contributed by atoms with Gasteiger partial charge >= 0.3 is 12.1 Å². The zero-order valence-corrected chi connectivity index (χ0v) is 15.3. The Morgan fingerprint density at radius 1 is 1.32 bits per heavy atom. The van der Waals surface area contributed by atoms with Crippen LogP contribution in [-0.4, -0.2) is 41.1 Å². The predicted molar refractivity (Wildman–Crippen MR) is 84.8 cm³/mol. The first-order valence-electron chi connectivity index (χ1n) is 6.77. The maximum absolute atomic E-state index is 11.8. The van der Waals surface area contributed by atoms with Gasteiger partial charge in [-0.15, -0.1) is 0 Å². The molecule has 1 amide bonds. The quantitative estimate of drug-likeness (QED) is 0.817. The Balaban J connectivity index is 2.87. The number of carbonyl (C=O) groups is 2. The molecule has 1 aromatic rings. The van der Waals surface area contributed by atoms with Gasteiger partial charge in [-0.2, -0.15) is 5.10 Å². The van der Waals surface area contributed by atoms with Crippen molar-refractivity contribution in [3.05, 3.63) is 16.4 Å². The number of nitrogens with zero attached hydrogens (tertiary/aromatic N) is 2. The van der Waals surface area contributed by atoms with Crippen LogP contribution < -0.4 is 5.32 Å². The number of aromatic nitrogens is 2. The molecule has 0 bridgehead atoms. The molecule has 0 spiro atoms. The summed E-state index contributed by atoms with van der Waals surface area (Å²) in [4.78, 5) is 23.6. The van der Waals surface area contributed by atoms with Gasteiger partial charge in [0.25, 0.3) is 0 Å². The molecule has 1 rings (SSSR count). The number of esters is 1. The summed E-state index contributed by atoms with van der Waals surface area (Å²) in [7, 11) is 1.31. The van der Waals surface area contributed by atoms with Crippen molar-refractivity contribution in [2.24, 2.45) is 0 Å². The zero-order chi connectivity index (χ0) is 17.1. The maximum atomic E-state index is 11.8. The molecule has 0 atom stereocenters. The fourth-order valence-corrected chi connectivity index (χ4v) is 2.12. The zero-order valence-electron chi connectivity index (χ0n) is 13.7. The number of carbonyl (C=O) groups excluding carboxylic acids is 2. The highest BCUT2D eigenvalue weighted by atomic mass is 79.9. The maximum Gasteiger partial charge on any atom is 0.407 e. The van der Waals surface area contributed by atoms with Crippen molar-refractivity contribution < 1.29 is 19.1 Å². The fourth-order valence-electron chi connectivity index (χ4n) is 1.74. The summed E-state index contributed by atoms with van der Waals surface area (Å²) in [5.41, 5.74) is -0.919. The van der Waals surface area contributed by atoms with Gasteiger partial charge in [0.2, 0.25) is 0 Å². The van der Waals surface area contributed by atoms with Crippen molar-refractivity contribution in [2.75, 3.05) is 13.7 Å². The Labute approximate surface area is 138 Å². The van der Waals surface area contributed by atoms with E-state index in [1.165, 1.54) is 11.8 Å². The van der Waals surface area contributed by atoms with Gasteiger partial charge in [-0.3, -0.25) is 0 Å². The highest BCUT2D eigenvalue weighted by Gasteiger charge is 2.29. The molecule has 0 aliphatic rings. The molecule has 0 fully saturated rings. The summed E-state index contributed by atoms with van der Waals surface area (Å²) in [6, 6.07) is 1.57. The molecule has 0 radical (unpaired) electrons. The number of ether oxygens (including phenoxy) is 2. The van der Waals surface area contributed by atoms with Gasteiger partial charge in [0.15, 0.2) is 0 Å². The van der Waals surface area contributed by atoms with Crippen LogP contribution in [-0.2, 0) is 15.0 Å². The smallest absolute Gasteiger partial charge is 0.407 e. The molecule has 7 nitrogen and oxygen atoms in total. The first-order chi connectivity index (χ1) is 9.96. The van der Waals surface area contributed by atoms with Crippen LogP contribution in [0.5, 0.6) is 0 Å². The van der Waals surface area contributed by atoms with Crippen molar-refractivity contribution in [2.45, 2.75) is 45.8 Å². The number of rotatable bonds is 4. The third kappa shape index (κ3) is 5.01. The standard InChI is InChI=1S/C14H22BrN3O4/c1-13(2,3)22-12(20)16-8-14(4,5)18-9(11(19)21-6)7-10(15)17-18/h7H,8H2,1-6H3,(H,16,20). The summed E-state index contributed by atoms with van der Waals surface area (Å²) in [5.74, 6) is -0.497. The second-order valence-corrected chi connectivity index (χ2v) is 7.24. The molecule has 124 valence electrons. The van der Waals surface area contributed by atoms with Crippen molar-refractivity contribution in [3.63, 3.8) is 0 Å². The third-order valence-electron chi connectivity index (χ3n) is 2.71. The first kappa shape index (κ1) is 18.5. The molecule has 0 aliphatic heterocycles. The third-order valence-corrected chi connectivity index (χ3v) is 3.10. The number of halogens is 1. The number of amides is 1. The molecule has 1 N–H and O–H groups in total. The highest BCUT2D eigenvalue weighted by molar-refractivity contribution is 9.10. The Morgan fingerprint density at radius 2 is 1.91 bits per heavy atom. The SMILES string of the molecule is COC(=O)c1cc(Br)nn1C(C)(C)CNC(=O)OC(C)(C)C. The monoisotopic (exact) mass is 375 g/mol. The van der Waals surface area contributed by atoms with Crippen molar-refractivity contribution in [1.29, 1.82) is 0 Å². The van der Waals surface area contributed by atoms with Crippen molar-refractivity contribution in [3.8, 4) is 0 Å². The van der Waals surface area contributed by atoms with Crippen LogP contribution in [0.4, 0.5) is 4.79 Å². The van der Waals surface area contributed by atoms with Crippen LogP contribution in [0, 0.1) is 0 Å². The second kappa shape index (κ2) is 6.68. The molecular weight excluding hydrogens is 354 g/mol. The molecule has 0 saturated heterocycles. The number of alkyl carbamates (subject to hydrolysis) is 1. The molecule has 0 aliphatic carbocycles. The lowest BCUT2D eigenvalue weighted by molar-refractivity contribution is 0.0503. The minimum atomic E-state index is -0.646. The average Bonchev–Trinajstić information content (AvgIpc) is 2.76. The van der Waals surface area contributed by atoms with Crippen molar-refractivity contribution >= 4 is 28.0 Å². The van der Waals surface area contributed by atoms with Crippen LogP contribution in [0.1, 0.15) is 45.1 Å². The van der Waals surface area contributed by atoms with E-state index in [1.54, 1.807) is 26.8 Å². The Kier molecular flexibility index (Phi) is 5.61. The van der Waals surface area contributed by atoms with Gasteiger partial charge < -0.3 is 14.8 Å². The van der Waals surface area contributed by atoms with Crippen LogP contribution in [0.15, 0.2) is 10.7 Å². The second-order valence-electron chi connectivity index (χ2n) is 6.42. The Hall–Kier alpha value is -1.57. The molecule has 0 aromatic carbocycles. The summed E-state index contributed by atoms with van der Waals surface area (Å²) in [6.07, 6.45) is -0.522. The summed E-state index contributed by atoms with van der Waals surface area (Å²) >= 11 is 3.24. The minimum Gasteiger partial charge on any atom is -0.464 e. The van der Waals surface area contributed by atoms with E-state index in [9.17, 15) is 9.59 Å². The number of hydrogen-bond donors (Lipinski definition) is 1. The van der Waals surface area contributed by atoms with Crippen LogP contribution >= 0.6 is 15.9 Å². The number of nitrogens with one attached hydrogen (secondary N) is 1. The molecule has 8 heteroatoms. The summed E-state index contributed by atoms with van der Waals surface area (Å²) < 4.78 is 12.0. The molecule has 22 heavy (non-hydrogen) atoms. The van der Waals surface area contributed by atoms with Crippen LogP contribution in [0.25, 0.3) is 0 Å². The lowest BCUT2D eigenvalue weighted by atomic mass is 10.1. The average molecular weight is 376 g/mol. The fraction of sp³-hybridized carbons (Fsp3) is 0.643. The van der Waals surface area contributed by atoms with E-state index in [-0.39, 0.29) is 6.54 Å². The van der Waals surface area contributed by atoms with Crippen LogP contribution in [0.2, 0.25) is 0 Å². The summed E-state index contributed by atoms with van der Waals surface area (Å²) in [6.45, 7) is 9.29. The lowest BCUT2D eigenvalue weighted by Gasteiger charge is -2.28. The number of methoxy groups -OCH3 is 1. The highest BCUT2D eigenvalue weighted by Crippen LogP contribution is 2.21. The van der Waals surface area contributed by atoms with E-state index in [0.29, 0.717) is 10.3 Å². The van der Waals surface area contributed by atoms with Gasteiger partial charge in [-0.25, -0.2) is 14.3 Å². The molecule has 0 saturated carbocycles. The van der Waals surface area contributed by atoms with E-state index in [2.05, 4.69) is 26.3 Å². The topological polar surface area (TPSA) is 82.5 Å². The van der Waals surface area contributed by atoms with Gasteiger partial charge in [-0.05, 0) is 50.5 Å².